The van der Waals surface area contributed by atoms with E-state index in [0.29, 0.717) is 37.9 Å². The van der Waals surface area contributed by atoms with Gasteiger partial charge in [0, 0.05) is 13.0 Å². The summed E-state index contributed by atoms with van der Waals surface area (Å²) in [6, 6.07) is 0. The molecule has 0 aromatic heterocycles. The highest BCUT2D eigenvalue weighted by atomic mass is 16.5. The van der Waals surface area contributed by atoms with E-state index < -0.39 is 11.5 Å². The highest BCUT2D eigenvalue weighted by molar-refractivity contribution is 5.78. The third-order valence-corrected chi connectivity index (χ3v) is 4.52. The van der Waals surface area contributed by atoms with Gasteiger partial charge in [-0.05, 0) is 31.1 Å². The summed E-state index contributed by atoms with van der Waals surface area (Å²) in [5, 5.41) is 11.9. The zero-order valence-electron chi connectivity index (χ0n) is 12.2. The van der Waals surface area contributed by atoms with E-state index in [-0.39, 0.29) is 12.3 Å². The van der Waals surface area contributed by atoms with Crippen molar-refractivity contribution in [3.8, 4) is 0 Å². The summed E-state index contributed by atoms with van der Waals surface area (Å²) < 4.78 is 5.29. The first-order chi connectivity index (χ1) is 9.49. The molecule has 0 bridgehead atoms. The van der Waals surface area contributed by atoms with E-state index in [1.54, 1.807) is 0 Å². The van der Waals surface area contributed by atoms with E-state index >= 15 is 0 Å². The Morgan fingerprint density at radius 3 is 2.80 bits per heavy atom. The van der Waals surface area contributed by atoms with E-state index in [0.717, 1.165) is 12.8 Å². The summed E-state index contributed by atoms with van der Waals surface area (Å²) in [6.07, 6.45) is 5.73. The van der Waals surface area contributed by atoms with Crippen LogP contribution in [0, 0.1) is 11.8 Å². The zero-order chi connectivity index (χ0) is 14.6. The van der Waals surface area contributed by atoms with Gasteiger partial charge in [0.05, 0.1) is 18.6 Å². The Balaban J connectivity index is 1.86. The molecule has 5 heteroatoms. The number of aliphatic carboxylic acids is 1. The maximum Gasteiger partial charge on any atom is 0.305 e. The molecule has 1 aliphatic heterocycles. The van der Waals surface area contributed by atoms with Crippen molar-refractivity contribution < 1.29 is 19.4 Å². The maximum atomic E-state index is 12.2. The van der Waals surface area contributed by atoms with Gasteiger partial charge < -0.3 is 15.2 Å². The van der Waals surface area contributed by atoms with Crippen LogP contribution in [0.4, 0.5) is 0 Å². The molecule has 20 heavy (non-hydrogen) atoms. The van der Waals surface area contributed by atoms with Crippen LogP contribution in [-0.4, -0.2) is 35.7 Å². The molecule has 1 heterocycles. The summed E-state index contributed by atoms with van der Waals surface area (Å²) in [7, 11) is 0. The molecule has 114 valence electrons. The molecule has 2 aliphatic rings. The zero-order valence-corrected chi connectivity index (χ0v) is 12.2. The normalized spacial score (nSPS) is 33.9. The molecule has 3 atom stereocenters. The van der Waals surface area contributed by atoms with E-state index in [2.05, 4.69) is 12.2 Å². The topological polar surface area (TPSA) is 75.6 Å². The molecule has 1 amide bonds. The summed E-state index contributed by atoms with van der Waals surface area (Å²) in [5.41, 5.74) is -0.691. The van der Waals surface area contributed by atoms with Gasteiger partial charge in [0.25, 0.3) is 0 Å². The average Bonchev–Trinajstić information content (AvgIpc) is 2.75. The highest BCUT2D eigenvalue weighted by Gasteiger charge is 2.39. The number of hydrogen-bond donors (Lipinski definition) is 2. The van der Waals surface area contributed by atoms with Crippen molar-refractivity contribution in [2.24, 2.45) is 11.8 Å². The first kappa shape index (κ1) is 15.3. The number of nitrogens with one attached hydrogen (secondary N) is 1. The predicted octanol–water partition coefficient (Wildman–Crippen LogP) is 1.95. The molecule has 5 nitrogen and oxygen atoms in total. The lowest BCUT2D eigenvalue weighted by atomic mass is 9.80. The van der Waals surface area contributed by atoms with Crippen LogP contribution < -0.4 is 5.32 Å². The van der Waals surface area contributed by atoms with E-state index in [9.17, 15) is 9.59 Å². The van der Waals surface area contributed by atoms with Crippen molar-refractivity contribution in [2.45, 2.75) is 57.4 Å². The molecule has 0 aromatic rings. The number of rotatable bonds is 5. The third kappa shape index (κ3) is 4.20. The molecule has 2 fully saturated rings. The molecule has 0 aromatic carbocycles. The fourth-order valence-electron chi connectivity index (χ4n) is 3.53. The quantitative estimate of drug-likeness (QED) is 0.808. The predicted molar refractivity (Wildman–Crippen MR) is 74.3 cm³/mol. The number of carbonyl (C=O) groups is 2. The minimum absolute atomic E-state index is 0.0177. The molecule has 1 aliphatic carbocycles. The SMILES string of the molecule is CC1CCCC(CC(=O)NC2(CC(=O)O)CCOC2)C1. The summed E-state index contributed by atoms with van der Waals surface area (Å²) in [6.45, 7) is 3.07. The Kier molecular flexibility index (Phi) is 5.02. The number of ether oxygens (including phenoxy) is 1. The number of carboxylic acid groups (broad SMARTS) is 1. The Morgan fingerprint density at radius 1 is 1.40 bits per heavy atom. The maximum absolute atomic E-state index is 12.2. The Labute approximate surface area is 120 Å². The lowest BCUT2D eigenvalue weighted by Crippen LogP contribution is -2.50. The summed E-state index contributed by atoms with van der Waals surface area (Å²) >= 11 is 0. The van der Waals surface area contributed by atoms with Crippen molar-refractivity contribution in [3.63, 3.8) is 0 Å². The monoisotopic (exact) mass is 283 g/mol. The molecule has 2 rings (SSSR count). The largest absolute Gasteiger partial charge is 0.481 e. The van der Waals surface area contributed by atoms with Crippen molar-refractivity contribution >= 4 is 11.9 Å². The number of carboxylic acids is 1. The lowest BCUT2D eigenvalue weighted by molar-refractivity contribution is -0.139. The fraction of sp³-hybridized carbons (Fsp3) is 0.867. The van der Waals surface area contributed by atoms with Gasteiger partial charge in [-0.3, -0.25) is 9.59 Å². The smallest absolute Gasteiger partial charge is 0.305 e. The molecule has 1 saturated carbocycles. The second-order valence-electron chi connectivity index (χ2n) is 6.54. The minimum Gasteiger partial charge on any atom is -0.481 e. The van der Waals surface area contributed by atoms with Crippen molar-refractivity contribution in [3.05, 3.63) is 0 Å². The van der Waals surface area contributed by atoms with Crippen LogP contribution in [0.5, 0.6) is 0 Å². The number of carbonyl (C=O) groups excluding carboxylic acids is 1. The van der Waals surface area contributed by atoms with Crippen molar-refractivity contribution in [2.75, 3.05) is 13.2 Å². The first-order valence-electron chi connectivity index (χ1n) is 7.60. The van der Waals surface area contributed by atoms with E-state index in [1.807, 2.05) is 0 Å². The van der Waals surface area contributed by atoms with Crippen molar-refractivity contribution in [1.29, 1.82) is 0 Å². The second kappa shape index (κ2) is 6.57. The van der Waals surface area contributed by atoms with Gasteiger partial charge in [-0.2, -0.15) is 0 Å². The standard InChI is InChI=1S/C15H25NO4/c1-11-3-2-4-12(7-11)8-13(17)16-15(9-14(18)19)5-6-20-10-15/h11-12H,2-10H2,1H3,(H,16,17)(H,18,19). The number of hydrogen-bond acceptors (Lipinski definition) is 3. The van der Waals surface area contributed by atoms with Gasteiger partial charge in [-0.15, -0.1) is 0 Å². The second-order valence-corrected chi connectivity index (χ2v) is 6.54. The van der Waals surface area contributed by atoms with Crippen LogP contribution >= 0.6 is 0 Å². The summed E-state index contributed by atoms with van der Waals surface area (Å²) in [4.78, 5) is 23.2. The molecule has 2 N–H and O–H groups in total. The Morgan fingerprint density at radius 2 is 2.20 bits per heavy atom. The third-order valence-electron chi connectivity index (χ3n) is 4.52. The molecule has 0 spiro atoms. The van der Waals surface area contributed by atoms with Gasteiger partial charge in [0.15, 0.2) is 0 Å². The Hall–Kier alpha value is -1.10. The van der Waals surface area contributed by atoms with Gasteiger partial charge in [0.2, 0.25) is 5.91 Å². The minimum atomic E-state index is -0.887. The van der Waals surface area contributed by atoms with Gasteiger partial charge in [-0.25, -0.2) is 0 Å². The van der Waals surface area contributed by atoms with E-state index in [4.69, 9.17) is 9.84 Å². The lowest BCUT2D eigenvalue weighted by Gasteiger charge is -2.30. The fourth-order valence-corrected chi connectivity index (χ4v) is 3.53. The van der Waals surface area contributed by atoms with Crippen molar-refractivity contribution in [1.82, 2.24) is 5.32 Å². The molecular weight excluding hydrogens is 258 g/mol. The van der Waals surface area contributed by atoms with Crippen LogP contribution in [0.3, 0.4) is 0 Å². The van der Waals surface area contributed by atoms with Gasteiger partial charge >= 0.3 is 5.97 Å². The van der Waals surface area contributed by atoms with Gasteiger partial charge in [-0.1, -0.05) is 19.8 Å². The average molecular weight is 283 g/mol. The highest BCUT2D eigenvalue weighted by Crippen LogP contribution is 2.31. The molecular formula is C15H25NO4. The number of amides is 1. The molecule has 0 radical (unpaired) electrons. The van der Waals surface area contributed by atoms with E-state index in [1.165, 1.54) is 12.8 Å². The summed E-state index contributed by atoms with van der Waals surface area (Å²) in [5.74, 6) is 0.241. The first-order valence-corrected chi connectivity index (χ1v) is 7.60. The molecule has 3 unspecified atom stereocenters. The molecule has 1 saturated heterocycles. The van der Waals surface area contributed by atoms with Crippen LogP contribution in [0.25, 0.3) is 0 Å². The van der Waals surface area contributed by atoms with Gasteiger partial charge in [0.1, 0.15) is 0 Å². The van der Waals surface area contributed by atoms with Crippen LogP contribution in [-0.2, 0) is 14.3 Å². The van der Waals surface area contributed by atoms with Crippen LogP contribution in [0.1, 0.15) is 51.9 Å². The van der Waals surface area contributed by atoms with Crippen LogP contribution in [0.2, 0.25) is 0 Å². The van der Waals surface area contributed by atoms with Crippen LogP contribution in [0.15, 0.2) is 0 Å². The Bertz CT molecular complexity index is 363.